The highest BCUT2D eigenvalue weighted by Crippen LogP contribution is 2.27. The Morgan fingerprint density at radius 3 is 2.68 bits per heavy atom. The number of aliphatic imine (C=N–C) groups is 1. The fourth-order valence-electron chi connectivity index (χ4n) is 1.70. The van der Waals surface area contributed by atoms with E-state index in [9.17, 15) is 13.2 Å². The molecule has 0 aromatic carbocycles. The Kier molecular flexibility index (Phi) is 12.2. The smallest absolute Gasteiger partial charge is 0.385 e. The van der Waals surface area contributed by atoms with Crippen molar-refractivity contribution in [3.63, 3.8) is 0 Å². The second kappa shape index (κ2) is 12.9. The van der Waals surface area contributed by atoms with Gasteiger partial charge in [0.2, 0.25) is 5.95 Å². The van der Waals surface area contributed by atoms with Crippen molar-refractivity contribution in [3.05, 3.63) is 18.0 Å². The summed E-state index contributed by atoms with van der Waals surface area (Å²) in [4.78, 5) is 11.5. The summed E-state index contributed by atoms with van der Waals surface area (Å²) in [6.45, 7) is 4.71. The summed E-state index contributed by atoms with van der Waals surface area (Å²) in [5.74, 6) is 0.578. The van der Waals surface area contributed by atoms with Crippen LogP contribution >= 0.6 is 24.0 Å². The minimum absolute atomic E-state index is 0. The largest absolute Gasteiger partial charge is 0.433 e. The van der Waals surface area contributed by atoms with Crippen molar-refractivity contribution in [2.24, 2.45) is 4.99 Å². The maximum Gasteiger partial charge on any atom is 0.433 e. The average molecular weight is 476 g/mol. The lowest BCUT2D eigenvalue weighted by molar-refractivity contribution is -0.141. The number of hydrogen-bond donors (Lipinski definition) is 3. The summed E-state index contributed by atoms with van der Waals surface area (Å²) in [5, 5.41) is 8.89. The van der Waals surface area contributed by atoms with E-state index in [1.54, 1.807) is 7.11 Å². The molecule has 0 saturated heterocycles. The Hall–Kier alpha value is -1.37. The number of ether oxygens (including phenoxy) is 1. The van der Waals surface area contributed by atoms with Crippen molar-refractivity contribution in [2.75, 3.05) is 45.2 Å². The van der Waals surface area contributed by atoms with E-state index in [0.717, 1.165) is 18.7 Å². The van der Waals surface area contributed by atoms with Gasteiger partial charge in [-0.1, -0.05) is 0 Å². The van der Waals surface area contributed by atoms with Gasteiger partial charge in [-0.05, 0) is 19.4 Å². The van der Waals surface area contributed by atoms with E-state index in [4.69, 9.17) is 4.74 Å². The molecule has 0 spiro atoms. The van der Waals surface area contributed by atoms with Gasteiger partial charge in [-0.15, -0.1) is 24.0 Å². The van der Waals surface area contributed by atoms with Crippen LogP contribution in [-0.2, 0) is 10.9 Å². The molecule has 25 heavy (non-hydrogen) atoms. The summed E-state index contributed by atoms with van der Waals surface area (Å²) in [5.41, 5.74) is -0.971. The van der Waals surface area contributed by atoms with Gasteiger partial charge in [0.15, 0.2) is 5.96 Å². The van der Waals surface area contributed by atoms with Crippen LogP contribution in [0.15, 0.2) is 17.3 Å². The van der Waals surface area contributed by atoms with Crippen LogP contribution in [0.1, 0.15) is 19.0 Å². The predicted octanol–water partition coefficient (Wildman–Crippen LogP) is 2.12. The number of rotatable bonds is 9. The molecule has 1 heterocycles. The van der Waals surface area contributed by atoms with Gasteiger partial charge in [0.05, 0.1) is 0 Å². The Bertz CT molecular complexity index is 516. The van der Waals surface area contributed by atoms with Crippen molar-refractivity contribution in [1.82, 2.24) is 20.6 Å². The second-order valence-electron chi connectivity index (χ2n) is 4.72. The molecule has 1 aromatic heterocycles. The van der Waals surface area contributed by atoms with Gasteiger partial charge in [0.1, 0.15) is 5.69 Å². The first-order chi connectivity index (χ1) is 11.5. The third-order valence-corrected chi connectivity index (χ3v) is 2.77. The Morgan fingerprint density at radius 1 is 1.28 bits per heavy atom. The number of methoxy groups -OCH3 is 1. The van der Waals surface area contributed by atoms with Crippen LogP contribution in [0.4, 0.5) is 19.1 Å². The van der Waals surface area contributed by atoms with Crippen molar-refractivity contribution in [1.29, 1.82) is 0 Å². The van der Waals surface area contributed by atoms with Crippen molar-refractivity contribution >= 4 is 35.9 Å². The molecular formula is C14H24F3IN6O. The summed E-state index contributed by atoms with van der Waals surface area (Å²) >= 11 is 0. The predicted molar refractivity (Wildman–Crippen MR) is 101 cm³/mol. The highest BCUT2D eigenvalue weighted by atomic mass is 127. The molecule has 0 atom stereocenters. The average Bonchev–Trinajstić information content (AvgIpc) is 2.55. The maximum atomic E-state index is 12.6. The molecule has 0 unspecified atom stereocenters. The molecule has 3 N–H and O–H groups in total. The number of aromatic nitrogens is 2. The van der Waals surface area contributed by atoms with Crippen LogP contribution in [-0.4, -0.2) is 55.8 Å². The Morgan fingerprint density at radius 2 is 2.04 bits per heavy atom. The molecule has 11 heteroatoms. The lowest BCUT2D eigenvalue weighted by Gasteiger charge is -2.12. The van der Waals surface area contributed by atoms with Crippen molar-refractivity contribution in [3.8, 4) is 0 Å². The molecule has 0 aliphatic rings. The van der Waals surface area contributed by atoms with Gasteiger partial charge in [0, 0.05) is 46.1 Å². The summed E-state index contributed by atoms with van der Waals surface area (Å²) in [6, 6.07) is 0.833. The Balaban J connectivity index is 0.00000576. The fourth-order valence-corrected chi connectivity index (χ4v) is 1.70. The first-order valence-electron chi connectivity index (χ1n) is 7.62. The topological polar surface area (TPSA) is 83.5 Å². The van der Waals surface area contributed by atoms with Crippen LogP contribution in [0.5, 0.6) is 0 Å². The molecule has 1 rings (SSSR count). The highest BCUT2D eigenvalue weighted by molar-refractivity contribution is 14.0. The van der Waals surface area contributed by atoms with E-state index in [1.807, 2.05) is 6.92 Å². The zero-order valence-electron chi connectivity index (χ0n) is 14.2. The quantitative estimate of drug-likeness (QED) is 0.219. The third-order valence-electron chi connectivity index (χ3n) is 2.77. The summed E-state index contributed by atoms with van der Waals surface area (Å²) < 4.78 is 42.6. The third kappa shape index (κ3) is 10.3. The molecule has 0 radical (unpaired) electrons. The molecular weight excluding hydrogens is 452 g/mol. The number of halogens is 4. The van der Waals surface area contributed by atoms with Gasteiger partial charge in [0.25, 0.3) is 0 Å². The van der Waals surface area contributed by atoms with E-state index >= 15 is 0 Å². The lowest BCUT2D eigenvalue weighted by atomic mass is 10.4. The molecule has 0 bridgehead atoms. The van der Waals surface area contributed by atoms with E-state index in [2.05, 4.69) is 30.9 Å². The molecule has 0 saturated carbocycles. The van der Waals surface area contributed by atoms with Gasteiger partial charge < -0.3 is 20.7 Å². The number of nitrogens with zero attached hydrogens (tertiary/aromatic N) is 3. The summed E-state index contributed by atoms with van der Waals surface area (Å²) in [6.07, 6.45) is -2.60. The molecule has 144 valence electrons. The van der Waals surface area contributed by atoms with Gasteiger partial charge in [-0.2, -0.15) is 13.2 Å². The van der Waals surface area contributed by atoms with Gasteiger partial charge in [-0.3, -0.25) is 4.99 Å². The maximum absolute atomic E-state index is 12.6. The highest BCUT2D eigenvalue weighted by Gasteiger charge is 2.32. The van der Waals surface area contributed by atoms with Gasteiger partial charge in [-0.25, -0.2) is 9.97 Å². The first-order valence-corrected chi connectivity index (χ1v) is 7.62. The molecule has 0 fully saturated rings. The standard InChI is InChI=1S/C14H23F3N6O.HI/c1-3-18-12(19-6-4-10-24-2)21-8-9-22-13-20-7-5-11(23-13)14(15,16)17;/h5,7H,3-4,6,8-10H2,1-2H3,(H2,18,19,21)(H,20,22,23);1H. The number of nitrogens with one attached hydrogen (secondary N) is 3. The number of guanidine groups is 1. The molecule has 0 aliphatic carbocycles. The van der Waals surface area contributed by atoms with E-state index in [0.29, 0.717) is 38.7 Å². The molecule has 0 aliphatic heterocycles. The summed E-state index contributed by atoms with van der Waals surface area (Å²) in [7, 11) is 1.63. The van der Waals surface area contributed by atoms with Crippen LogP contribution in [0.25, 0.3) is 0 Å². The van der Waals surface area contributed by atoms with Crippen LogP contribution in [0, 0.1) is 0 Å². The molecule has 0 amide bonds. The number of hydrogen-bond acceptors (Lipinski definition) is 5. The molecule has 1 aromatic rings. The van der Waals surface area contributed by atoms with Gasteiger partial charge >= 0.3 is 6.18 Å². The Labute approximate surface area is 162 Å². The van der Waals surface area contributed by atoms with E-state index < -0.39 is 11.9 Å². The minimum atomic E-state index is -4.48. The number of alkyl halides is 3. The van der Waals surface area contributed by atoms with Crippen LogP contribution < -0.4 is 16.0 Å². The second-order valence-corrected chi connectivity index (χ2v) is 4.72. The van der Waals surface area contributed by atoms with Crippen LogP contribution in [0.2, 0.25) is 0 Å². The first kappa shape index (κ1) is 23.6. The van der Waals surface area contributed by atoms with Crippen LogP contribution in [0.3, 0.4) is 0 Å². The lowest BCUT2D eigenvalue weighted by Crippen LogP contribution is -2.39. The van der Waals surface area contributed by atoms with Crippen molar-refractivity contribution < 1.29 is 17.9 Å². The zero-order valence-corrected chi connectivity index (χ0v) is 16.5. The minimum Gasteiger partial charge on any atom is -0.385 e. The zero-order chi connectivity index (χ0) is 17.8. The molecule has 7 nitrogen and oxygen atoms in total. The van der Waals surface area contributed by atoms with Crippen molar-refractivity contribution in [2.45, 2.75) is 19.5 Å². The monoisotopic (exact) mass is 476 g/mol. The number of anilines is 1. The SMILES string of the molecule is CCNC(=NCCCOC)NCCNc1nccc(C(F)(F)F)n1.I. The van der Waals surface area contributed by atoms with E-state index in [-0.39, 0.29) is 29.9 Å². The normalized spacial score (nSPS) is 11.6. The fraction of sp³-hybridized carbons (Fsp3) is 0.643. The van der Waals surface area contributed by atoms with E-state index in [1.165, 1.54) is 0 Å².